The Morgan fingerprint density at radius 1 is 1.40 bits per heavy atom. The van der Waals surface area contributed by atoms with E-state index in [1.54, 1.807) is 24.3 Å². The minimum atomic E-state index is 0.344. The van der Waals surface area contributed by atoms with Crippen LogP contribution in [0.5, 0.6) is 5.75 Å². The molecule has 0 unspecified atom stereocenters. The molecule has 0 aliphatic heterocycles. The predicted octanol–water partition coefficient (Wildman–Crippen LogP) is 2.31. The van der Waals surface area contributed by atoms with Crippen LogP contribution >= 0.6 is 0 Å². The average molecular weight is 137 g/mol. The number of hydrogen-bond donors (Lipinski definition) is 0. The number of halogens is 1. The topological polar surface area (TPSA) is 9.23 Å². The molecule has 0 bridgehead atoms. The van der Waals surface area contributed by atoms with Crippen molar-refractivity contribution in [2.75, 3.05) is 0 Å². The van der Waals surface area contributed by atoms with Crippen LogP contribution in [0.2, 0.25) is 0 Å². The summed E-state index contributed by atoms with van der Waals surface area (Å²) in [5.41, 5.74) is 0. The van der Waals surface area contributed by atoms with Crippen LogP contribution in [0.3, 0.4) is 0 Å². The summed E-state index contributed by atoms with van der Waals surface area (Å²) in [6.45, 7) is 0. The Kier molecular flexibility index (Phi) is 2.49. The molecule has 1 nitrogen and oxygen atoms in total. The summed E-state index contributed by atoms with van der Waals surface area (Å²) in [7, 11) is 0. The third-order valence-corrected chi connectivity index (χ3v) is 0.943. The van der Waals surface area contributed by atoms with Crippen molar-refractivity contribution in [3.8, 4) is 5.75 Å². The van der Waals surface area contributed by atoms with Crippen LogP contribution in [0.15, 0.2) is 36.9 Å². The van der Waals surface area contributed by atoms with Gasteiger partial charge in [0.25, 0.3) is 0 Å². The van der Waals surface area contributed by atoms with Crippen LogP contribution in [0.1, 0.15) is 0 Å². The molecule has 51 valence electrons. The smallest absolute Gasteiger partial charge is 0.126 e. The molecule has 0 aliphatic rings. The number of ether oxygens (including phenoxy) is 1. The van der Waals surface area contributed by atoms with Gasteiger partial charge in [0.2, 0.25) is 0 Å². The Labute approximate surface area is 58.8 Å². The average Bonchev–Trinajstić information content (AvgIpc) is 2.03. The highest BCUT2D eigenvalue weighted by atomic mass is 19.1. The van der Waals surface area contributed by atoms with Crippen LogP contribution in [0.25, 0.3) is 0 Å². The van der Waals surface area contributed by atoms with Gasteiger partial charge in [-0.05, 0) is 18.2 Å². The Bertz CT molecular complexity index is 206. The van der Waals surface area contributed by atoms with E-state index in [9.17, 15) is 4.39 Å². The fraction of sp³-hybridized carbons (Fsp3) is 0. The van der Waals surface area contributed by atoms with E-state index >= 15 is 0 Å². The van der Waals surface area contributed by atoms with Gasteiger partial charge in [-0.2, -0.15) is 0 Å². The lowest BCUT2D eigenvalue weighted by molar-refractivity contribution is 0.466. The van der Waals surface area contributed by atoms with E-state index in [0.29, 0.717) is 12.1 Å². The zero-order chi connectivity index (χ0) is 7.23. The van der Waals surface area contributed by atoms with Crippen molar-refractivity contribution >= 4 is 0 Å². The third kappa shape index (κ3) is 1.90. The summed E-state index contributed by atoms with van der Waals surface area (Å²) in [4.78, 5) is 0. The molecular weight excluding hydrogens is 131 g/mol. The van der Waals surface area contributed by atoms with E-state index in [-0.39, 0.29) is 0 Å². The lowest BCUT2D eigenvalue weighted by atomic mass is 10.3. The minimum Gasteiger partial charge on any atom is -0.463 e. The van der Waals surface area contributed by atoms with Gasteiger partial charge >= 0.3 is 0 Å². The zero-order valence-corrected chi connectivity index (χ0v) is 5.25. The van der Waals surface area contributed by atoms with Crippen molar-refractivity contribution < 1.29 is 9.13 Å². The van der Waals surface area contributed by atoms with Crippen LogP contribution in [-0.2, 0) is 0 Å². The normalized spacial score (nSPS) is 10.1. The van der Waals surface area contributed by atoms with Crippen LogP contribution in [-0.4, -0.2) is 0 Å². The fourth-order valence-electron chi connectivity index (χ4n) is 0.554. The first-order chi connectivity index (χ1) is 4.93. The van der Waals surface area contributed by atoms with Gasteiger partial charge in [0, 0.05) is 0 Å². The monoisotopic (exact) mass is 137 g/mol. The quantitative estimate of drug-likeness (QED) is 0.568. The van der Waals surface area contributed by atoms with Gasteiger partial charge in [0.05, 0.1) is 0 Å². The van der Waals surface area contributed by atoms with E-state index in [1.807, 2.05) is 0 Å². The molecule has 0 atom stereocenters. The molecule has 1 aromatic carbocycles. The summed E-state index contributed by atoms with van der Waals surface area (Å²) in [6.07, 6.45) is 1.33. The summed E-state index contributed by atoms with van der Waals surface area (Å²) in [5.74, 6) is 0.604. The first-order valence-electron chi connectivity index (χ1n) is 2.81. The largest absolute Gasteiger partial charge is 0.463 e. The van der Waals surface area contributed by atoms with E-state index in [4.69, 9.17) is 4.74 Å². The summed E-state index contributed by atoms with van der Waals surface area (Å²) in [5, 5.41) is 0. The van der Waals surface area contributed by atoms with Crippen molar-refractivity contribution in [1.82, 2.24) is 0 Å². The molecule has 0 saturated carbocycles. The zero-order valence-electron chi connectivity index (χ0n) is 5.25. The molecule has 1 aromatic rings. The maximum absolute atomic E-state index is 11.4. The highest BCUT2D eigenvalue weighted by Crippen LogP contribution is 2.07. The lowest BCUT2D eigenvalue weighted by Crippen LogP contribution is -1.78. The van der Waals surface area contributed by atoms with E-state index in [0.717, 1.165) is 6.26 Å². The van der Waals surface area contributed by atoms with Crippen molar-refractivity contribution in [3.63, 3.8) is 0 Å². The molecule has 0 heterocycles. The fourth-order valence-corrected chi connectivity index (χ4v) is 0.554. The van der Waals surface area contributed by atoms with Gasteiger partial charge in [0.15, 0.2) is 0 Å². The number of rotatable bonds is 2. The molecule has 0 saturated heterocycles. The molecule has 0 N–H and O–H groups in total. The molecule has 0 spiro atoms. The van der Waals surface area contributed by atoms with E-state index in [1.165, 1.54) is 0 Å². The first-order valence-corrected chi connectivity index (χ1v) is 2.81. The van der Waals surface area contributed by atoms with Crippen molar-refractivity contribution in [1.29, 1.82) is 0 Å². The maximum Gasteiger partial charge on any atom is 0.126 e. The third-order valence-electron chi connectivity index (χ3n) is 0.943. The molecule has 1 rings (SSSR count). The Balaban J connectivity index is 2.59. The SMILES string of the molecule is FC=COc1cc[c]cc1. The van der Waals surface area contributed by atoms with E-state index in [2.05, 4.69) is 6.07 Å². The van der Waals surface area contributed by atoms with Crippen molar-refractivity contribution in [2.45, 2.75) is 0 Å². The van der Waals surface area contributed by atoms with Crippen molar-refractivity contribution in [2.24, 2.45) is 0 Å². The maximum atomic E-state index is 11.4. The highest BCUT2D eigenvalue weighted by Gasteiger charge is 1.84. The van der Waals surface area contributed by atoms with Gasteiger partial charge in [-0.15, -0.1) is 0 Å². The molecule has 0 fully saturated rings. The standard InChI is InChI=1S/C8H6FO/c9-6-7-10-8-4-2-1-3-5-8/h2-7H. The second-order valence-electron chi connectivity index (χ2n) is 1.62. The van der Waals surface area contributed by atoms with Crippen LogP contribution in [0, 0.1) is 6.07 Å². The Hall–Kier alpha value is -1.31. The molecule has 1 radical (unpaired) electrons. The van der Waals surface area contributed by atoms with Gasteiger partial charge in [-0.25, -0.2) is 4.39 Å². The summed E-state index contributed by atoms with van der Waals surface area (Å²) in [6, 6.07) is 9.59. The summed E-state index contributed by atoms with van der Waals surface area (Å²) >= 11 is 0. The molecule has 0 aliphatic carbocycles. The van der Waals surface area contributed by atoms with Gasteiger partial charge in [-0.3, -0.25) is 0 Å². The number of benzene rings is 1. The van der Waals surface area contributed by atoms with Crippen molar-refractivity contribution in [3.05, 3.63) is 42.9 Å². The molecule has 10 heavy (non-hydrogen) atoms. The van der Waals surface area contributed by atoms with Gasteiger partial charge in [-0.1, -0.05) is 12.1 Å². The molecule has 0 aromatic heterocycles. The number of hydrogen-bond acceptors (Lipinski definition) is 1. The Morgan fingerprint density at radius 2 is 2.10 bits per heavy atom. The second-order valence-corrected chi connectivity index (χ2v) is 1.62. The van der Waals surface area contributed by atoms with Gasteiger partial charge in [0.1, 0.15) is 18.3 Å². The predicted molar refractivity (Wildman–Crippen MR) is 36.2 cm³/mol. The summed E-state index contributed by atoms with van der Waals surface area (Å²) < 4.78 is 16.1. The molecule has 0 amide bonds. The van der Waals surface area contributed by atoms with Crippen LogP contribution in [0.4, 0.5) is 4.39 Å². The van der Waals surface area contributed by atoms with E-state index < -0.39 is 0 Å². The first kappa shape index (κ1) is 6.81. The highest BCUT2D eigenvalue weighted by molar-refractivity contribution is 5.20. The minimum absolute atomic E-state index is 0.344. The van der Waals surface area contributed by atoms with Crippen LogP contribution < -0.4 is 4.74 Å². The van der Waals surface area contributed by atoms with Gasteiger partial charge < -0.3 is 4.74 Å². The lowest BCUT2D eigenvalue weighted by Gasteiger charge is -1.95. The Morgan fingerprint density at radius 3 is 2.70 bits per heavy atom. The molecule has 2 heteroatoms. The molecular formula is C8H6FO. The second kappa shape index (κ2) is 3.67.